The maximum absolute atomic E-state index is 12.3. The van der Waals surface area contributed by atoms with Crippen LogP contribution in [0.4, 0.5) is 5.69 Å². The Balaban J connectivity index is 1.61. The van der Waals surface area contributed by atoms with Gasteiger partial charge in [0, 0.05) is 44.3 Å². The summed E-state index contributed by atoms with van der Waals surface area (Å²) in [5.41, 5.74) is 1.69. The van der Waals surface area contributed by atoms with Gasteiger partial charge in [0.1, 0.15) is 12.1 Å². The smallest absolute Gasteiger partial charge is 0.257 e. The lowest BCUT2D eigenvalue weighted by atomic mass is 10.2. The molecule has 1 aliphatic rings. The van der Waals surface area contributed by atoms with Gasteiger partial charge in [-0.3, -0.25) is 4.79 Å². The van der Waals surface area contributed by atoms with Crippen molar-refractivity contribution >= 4 is 11.6 Å². The molecule has 22 heavy (non-hydrogen) atoms. The minimum absolute atomic E-state index is 0.00465. The van der Waals surface area contributed by atoms with Crippen LogP contribution in [0.25, 0.3) is 0 Å². The summed E-state index contributed by atoms with van der Waals surface area (Å²) in [5, 5.41) is 0. The number of methoxy groups -OCH3 is 1. The summed E-state index contributed by atoms with van der Waals surface area (Å²) in [6, 6.07) is 7.99. The lowest BCUT2D eigenvalue weighted by molar-refractivity contribution is 0.0746. The molecular weight excluding hydrogens is 280 g/mol. The van der Waals surface area contributed by atoms with Gasteiger partial charge in [-0.05, 0) is 24.3 Å². The van der Waals surface area contributed by atoms with Crippen molar-refractivity contribution in [1.29, 1.82) is 0 Å². The first-order valence-electron chi connectivity index (χ1n) is 7.21. The highest BCUT2D eigenvalue weighted by atomic mass is 16.5. The Morgan fingerprint density at radius 3 is 2.27 bits per heavy atom. The molecule has 0 spiro atoms. The average Bonchev–Trinajstić information content (AvgIpc) is 2.62. The van der Waals surface area contributed by atoms with Gasteiger partial charge in [0.05, 0.1) is 12.7 Å². The zero-order chi connectivity index (χ0) is 15.4. The number of hydrogen-bond acceptors (Lipinski definition) is 5. The van der Waals surface area contributed by atoms with Gasteiger partial charge in [0.2, 0.25) is 0 Å². The van der Waals surface area contributed by atoms with Crippen LogP contribution in [-0.2, 0) is 0 Å². The number of amides is 1. The van der Waals surface area contributed by atoms with Crippen molar-refractivity contribution in [3.05, 3.63) is 48.5 Å². The number of piperazine rings is 1. The van der Waals surface area contributed by atoms with E-state index >= 15 is 0 Å². The van der Waals surface area contributed by atoms with Crippen molar-refractivity contribution in [2.24, 2.45) is 0 Å². The fourth-order valence-corrected chi connectivity index (χ4v) is 2.55. The Kier molecular flexibility index (Phi) is 4.18. The number of rotatable bonds is 3. The predicted octanol–water partition coefficient (Wildman–Crippen LogP) is 1.45. The van der Waals surface area contributed by atoms with Crippen molar-refractivity contribution in [1.82, 2.24) is 14.9 Å². The highest BCUT2D eigenvalue weighted by molar-refractivity contribution is 5.93. The van der Waals surface area contributed by atoms with E-state index in [9.17, 15) is 4.79 Å². The lowest BCUT2D eigenvalue weighted by Gasteiger charge is -2.36. The predicted molar refractivity (Wildman–Crippen MR) is 83.1 cm³/mol. The fraction of sp³-hybridized carbons (Fsp3) is 0.312. The van der Waals surface area contributed by atoms with Crippen LogP contribution in [-0.4, -0.2) is 54.1 Å². The molecule has 114 valence electrons. The number of hydrogen-bond donors (Lipinski definition) is 0. The molecule has 0 bridgehead atoms. The summed E-state index contributed by atoms with van der Waals surface area (Å²) in [4.78, 5) is 24.2. The summed E-state index contributed by atoms with van der Waals surface area (Å²) in [5.74, 6) is 0.844. The van der Waals surface area contributed by atoms with Gasteiger partial charge in [0.15, 0.2) is 0 Å². The van der Waals surface area contributed by atoms with E-state index in [4.69, 9.17) is 4.74 Å². The summed E-state index contributed by atoms with van der Waals surface area (Å²) in [6.07, 6.45) is 4.55. The first kappa shape index (κ1) is 14.3. The average molecular weight is 298 g/mol. The van der Waals surface area contributed by atoms with Crippen LogP contribution < -0.4 is 9.64 Å². The number of anilines is 1. The highest BCUT2D eigenvalue weighted by Gasteiger charge is 2.22. The Morgan fingerprint density at radius 2 is 1.68 bits per heavy atom. The van der Waals surface area contributed by atoms with Gasteiger partial charge < -0.3 is 14.5 Å². The Morgan fingerprint density at radius 1 is 1.05 bits per heavy atom. The number of nitrogens with zero attached hydrogens (tertiary/aromatic N) is 4. The van der Waals surface area contributed by atoms with E-state index in [2.05, 4.69) is 14.9 Å². The second-order valence-electron chi connectivity index (χ2n) is 5.10. The summed E-state index contributed by atoms with van der Waals surface area (Å²) < 4.78 is 5.17. The first-order valence-corrected chi connectivity index (χ1v) is 7.21. The van der Waals surface area contributed by atoms with Crippen LogP contribution in [0.5, 0.6) is 5.75 Å². The Labute approximate surface area is 129 Å². The number of aromatic nitrogens is 2. The number of ether oxygens (including phenoxy) is 1. The molecule has 6 heteroatoms. The van der Waals surface area contributed by atoms with Gasteiger partial charge in [-0.1, -0.05) is 0 Å². The second kappa shape index (κ2) is 6.43. The molecule has 1 aromatic heterocycles. The zero-order valence-corrected chi connectivity index (χ0v) is 12.5. The number of benzene rings is 1. The van der Waals surface area contributed by atoms with E-state index in [1.807, 2.05) is 29.2 Å². The third-order valence-corrected chi connectivity index (χ3v) is 3.81. The third kappa shape index (κ3) is 3.00. The van der Waals surface area contributed by atoms with Crippen molar-refractivity contribution in [2.75, 3.05) is 38.2 Å². The van der Waals surface area contributed by atoms with Crippen molar-refractivity contribution in [3.8, 4) is 5.75 Å². The molecule has 1 fully saturated rings. The fourth-order valence-electron chi connectivity index (χ4n) is 2.55. The molecular formula is C16H18N4O2. The number of carbonyl (C=O) groups excluding carboxylic acids is 1. The molecule has 0 saturated carbocycles. The maximum Gasteiger partial charge on any atom is 0.257 e. The third-order valence-electron chi connectivity index (χ3n) is 3.81. The summed E-state index contributed by atoms with van der Waals surface area (Å²) >= 11 is 0. The van der Waals surface area contributed by atoms with Crippen molar-refractivity contribution < 1.29 is 9.53 Å². The number of carbonyl (C=O) groups is 1. The van der Waals surface area contributed by atoms with E-state index in [-0.39, 0.29) is 5.91 Å². The topological polar surface area (TPSA) is 58.6 Å². The molecule has 1 saturated heterocycles. The minimum Gasteiger partial charge on any atom is -0.497 e. The molecule has 2 aromatic rings. The zero-order valence-electron chi connectivity index (χ0n) is 12.5. The molecule has 0 radical (unpaired) electrons. The van der Waals surface area contributed by atoms with Crippen LogP contribution in [0.2, 0.25) is 0 Å². The molecule has 0 atom stereocenters. The molecule has 0 N–H and O–H groups in total. The molecule has 6 nitrogen and oxygen atoms in total. The first-order chi connectivity index (χ1) is 10.8. The van der Waals surface area contributed by atoms with Crippen LogP contribution >= 0.6 is 0 Å². The molecule has 1 aliphatic heterocycles. The summed E-state index contributed by atoms with van der Waals surface area (Å²) in [7, 11) is 1.66. The molecule has 1 amide bonds. The van der Waals surface area contributed by atoms with E-state index in [1.165, 1.54) is 6.33 Å². The van der Waals surface area contributed by atoms with Gasteiger partial charge in [-0.15, -0.1) is 0 Å². The highest BCUT2D eigenvalue weighted by Crippen LogP contribution is 2.20. The second-order valence-corrected chi connectivity index (χ2v) is 5.10. The SMILES string of the molecule is COc1ccc(N2CCN(C(=O)c3cncnc3)CC2)cc1. The van der Waals surface area contributed by atoms with E-state index < -0.39 is 0 Å². The van der Waals surface area contributed by atoms with Gasteiger partial charge in [-0.25, -0.2) is 9.97 Å². The van der Waals surface area contributed by atoms with Crippen LogP contribution in [0.3, 0.4) is 0 Å². The maximum atomic E-state index is 12.3. The molecule has 1 aromatic carbocycles. The molecule has 3 rings (SSSR count). The van der Waals surface area contributed by atoms with Crippen LogP contribution in [0.15, 0.2) is 43.0 Å². The molecule has 0 aliphatic carbocycles. The van der Waals surface area contributed by atoms with E-state index in [0.717, 1.165) is 24.5 Å². The van der Waals surface area contributed by atoms with E-state index in [1.54, 1.807) is 19.5 Å². The normalized spacial score (nSPS) is 14.8. The van der Waals surface area contributed by atoms with Gasteiger partial charge >= 0.3 is 0 Å². The van der Waals surface area contributed by atoms with Crippen LogP contribution in [0.1, 0.15) is 10.4 Å². The largest absolute Gasteiger partial charge is 0.497 e. The molecule has 2 heterocycles. The van der Waals surface area contributed by atoms with E-state index in [0.29, 0.717) is 18.7 Å². The molecule has 0 unspecified atom stereocenters. The van der Waals surface area contributed by atoms with Gasteiger partial charge in [0.25, 0.3) is 5.91 Å². The standard InChI is InChI=1S/C16H18N4O2/c1-22-15-4-2-14(3-5-15)19-6-8-20(9-7-19)16(21)13-10-17-12-18-11-13/h2-5,10-12H,6-9H2,1H3. The van der Waals surface area contributed by atoms with Gasteiger partial charge in [-0.2, -0.15) is 0 Å². The Hall–Kier alpha value is -2.63. The monoisotopic (exact) mass is 298 g/mol. The quantitative estimate of drug-likeness (QED) is 0.858. The summed E-state index contributed by atoms with van der Waals surface area (Å²) in [6.45, 7) is 3.01. The minimum atomic E-state index is -0.00465. The van der Waals surface area contributed by atoms with Crippen molar-refractivity contribution in [3.63, 3.8) is 0 Å². The van der Waals surface area contributed by atoms with Crippen LogP contribution in [0, 0.1) is 0 Å². The van der Waals surface area contributed by atoms with Crippen molar-refractivity contribution in [2.45, 2.75) is 0 Å². The lowest BCUT2D eigenvalue weighted by Crippen LogP contribution is -2.48. The Bertz CT molecular complexity index is 622.